The van der Waals surface area contributed by atoms with E-state index in [9.17, 15) is 0 Å². The van der Waals surface area contributed by atoms with Crippen LogP contribution in [0, 0.1) is 12.1 Å². The van der Waals surface area contributed by atoms with Crippen molar-refractivity contribution in [2.75, 3.05) is 10.6 Å². The summed E-state index contributed by atoms with van der Waals surface area (Å²) in [5.41, 5.74) is 2.76. The van der Waals surface area contributed by atoms with Crippen molar-refractivity contribution in [1.82, 2.24) is 0 Å². The van der Waals surface area contributed by atoms with Crippen LogP contribution in [0.15, 0.2) is 77.4 Å². The molecule has 2 aromatic rings. The maximum absolute atomic E-state index is 4.66. The summed E-state index contributed by atoms with van der Waals surface area (Å²) in [5, 5.41) is 6.56. The van der Waals surface area contributed by atoms with Crippen LogP contribution < -0.4 is 10.6 Å². The van der Waals surface area contributed by atoms with E-state index < -0.39 is 0 Å². The normalized spacial score (nSPS) is 14.0. The first-order chi connectivity index (χ1) is 10.9. The Morgan fingerprint density at radius 3 is 2.64 bits per heavy atom. The summed E-state index contributed by atoms with van der Waals surface area (Å²) in [7, 11) is 0. The smallest absolute Gasteiger partial charge is 0.206 e. The van der Waals surface area contributed by atoms with Crippen LogP contribution in [-0.4, -0.2) is 5.96 Å². The molecular weight excluding hydrogens is 270 g/mol. The number of benzene rings is 1. The van der Waals surface area contributed by atoms with Gasteiger partial charge < -0.3 is 10.6 Å². The van der Waals surface area contributed by atoms with Crippen molar-refractivity contribution in [3.05, 3.63) is 84.6 Å². The van der Waals surface area contributed by atoms with E-state index >= 15 is 0 Å². The first-order valence-corrected chi connectivity index (χ1v) is 7.33. The van der Waals surface area contributed by atoms with Crippen LogP contribution in [0.3, 0.4) is 0 Å². The van der Waals surface area contributed by atoms with E-state index in [0.717, 1.165) is 29.9 Å². The third-order valence-corrected chi connectivity index (χ3v) is 3.16. The van der Waals surface area contributed by atoms with Crippen molar-refractivity contribution >= 4 is 17.3 Å². The maximum Gasteiger partial charge on any atom is 0.206 e. The third-order valence-electron chi connectivity index (χ3n) is 3.16. The summed E-state index contributed by atoms with van der Waals surface area (Å²) in [6, 6.07) is 21.6. The summed E-state index contributed by atoms with van der Waals surface area (Å²) < 4.78 is 0. The lowest BCUT2D eigenvalue weighted by Gasteiger charge is -2.12. The Morgan fingerprint density at radius 1 is 1.00 bits per heavy atom. The predicted molar refractivity (Wildman–Crippen MR) is 91.7 cm³/mol. The van der Waals surface area contributed by atoms with Crippen LogP contribution in [0.1, 0.15) is 12.8 Å². The predicted octanol–water partition coefficient (Wildman–Crippen LogP) is 4.40. The Balaban J connectivity index is 1.83. The molecule has 0 aromatic heterocycles. The molecule has 1 aliphatic carbocycles. The zero-order valence-corrected chi connectivity index (χ0v) is 12.2. The Bertz CT molecular complexity index is 642. The van der Waals surface area contributed by atoms with Gasteiger partial charge in [0.2, 0.25) is 5.96 Å². The van der Waals surface area contributed by atoms with E-state index in [0.29, 0.717) is 5.96 Å². The molecule has 108 valence electrons. The zero-order chi connectivity index (χ0) is 15.0. The van der Waals surface area contributed by atoms with Gasteiger partial charge in [-0.3, -0.25) is 0 Å². The number of anilines is 2. The molecule has 3 heteroatoms. The second kappa shape index (κ2) is 7.14. The van der Waals surface area contributed by atoms with Gasteiger partial charge in [0.1, 0.15) is 0 Å². The van der Waals surface area contributed by atoms with Gasteiger partial charge in [0.25, 0.3) is 0 Å². The van der Waals surface area contributed by atoms with E-state index in [-0.39, 0.29) is 0 Å². The van der Waals surface area contributed by atoms with Crippen LogP contribution in [0.4, 0.5) is 11.4 Å². The minimum Gasteiger partial charge on any atom is -0.326 e. The molecule has 22 heavy (non-hydrogen) atoms. The molecule has 3 rings (SSSR count). The minimum atomic E-state index is 0.667. The lowest BCUT2D eigenvalue weighted by molar-refractivity contribution is 1.01. The second-order valence-electron chi connectivity index (χ2n) is 4.89. The Hall–Kier alpha value is -2.99. The van der Waals surface area contributed by atoms with E-state index in [1.165, 1.54) is 0 Å². The Morgan fingerprint density at radius 2 is 1.91 bits per heavy atom. The quantitative estimate of drug-likeness (QED) is 0.648. The van der Waals surface area contributed by atoms with Gasteiger partial charge in [-0.2, -0.15) is 0 Å². The monoisotopic (exact) mass is 287 g/mol. The molecule has 0 spiro atoms. The molecule has 2 N–H and O–H groups in total. The van der Waals surface area contributed by atoms with Gasteiger partial charge in [0.15, 0.2) is 0 Å². The van der Waals surface area contributed by atoms with Gasteiger partial charge >= 0.3 is 0 Å². The molecular formula is C19H17N3. The van der Waals surface area contributed by atoms with Gasteiger partial charge in [-0.1, -0.05) is 42.5 Å². The average Bonchev–Trinajstić information content (AvgIpc) is 2.57. The zero-order valence-electron chi connectivity index (χ0n) is 12.2. The summed E-state index contributed by atoms with van der Waals surface area (Å²) in [6.07, 6.45) is 8.42. The van der Waals surface area contributed by atoms with E-state index in [4.69, 9.17) is 0 Å². The largest absolute Gasteiger partial charge is 0.326 e. The van der Waals surface area contributed by atoms with E-state index in [1.807, 2.05) is 54.6 Å². The summed E-state index contributed by atoms with van der Waals surface area (Å²) >= 11 is 0. The highest BCUT2D eigenvalue weighted by atomic mass is 15.2. The minimum absolute atomic E-state index is 0.667. The molecule has 0 saturated carbocycles. The number of allylic oxidation sites excluding steroid dienone is 3. The molecule has 0 radical (unpaired) electrons. The van der Waals surface area contributed by atoms with Crippen molar-refractivity contribution in [3.63, 3.8) is 0 Å². The molecule has 0 fully saturated rings. The van der Waals surface area contributed by atoms with Crippen molar-refractivity contribution in [1.29, 1.82) is 0 Å². The fourth-order valence-corrected chi connectivity index (χ4v) is 2.11. The van der Waals surface area contributed by atoms with E-state index in [2.05, 4.69) is 39.9 Å². The van der Waals surface area contributed by atoms with Crippen LogP contribution in [0.2, 0.25) is 0 Å². The van der Waals surface area contributed by atoms with Gasteiger partial charge in [0.05, 0.1) is 11.4 Å². The molecule has 0 bridgehead atoms. The third kappa shape index (κ3) is 4.00. The van der Waals surface area contributed by atoms with Gasteiger partial charge in [-0.05, 0) is 49.2 Å². The van der Waals surface area contributed by atoms with Gasteiger partial charge in [-0.15, -0.1) is 0 Å². The second-order valence-corrected chi connectivity index (χ2v) is 4.89. The average molecular weight is 287 g/mol. The molecule has 0 atom stereocenters. The summed E-state index contributed by atoms with van der Waals surface area (Å²) in [4.78, 5) is 4.66. The highest BCUT2D eigenvalue weighted by Gasteiger charge is 2.03. The molecule has 0 unspecified atom stereocenters. The van der Waals surface area contributed by atoms with Crippen molar-refractivity contribution in [2.24, 2.45) is 4.99 Å². The standard InChI is InChI=1S/C19H17N3/c1-4-10-16(11-5-1)20-19(21-17-12-6-2-7-13-17)22-18-14-8-3-9-15-18/h1-2,4-6,8,10-12,14-15H,3,9H2,(H2,20,21,22). The molecule has 0 saturated heterocycles. The maximum atomic E-state index is 4.66. The first kappa shape index (κ1) is 14.0. The summed E-state index contributed by atoms with van der Waals surface area (Å²) in [5.74, 6) is 0.667. The number of nitrogens with zero attached hydrogens (tertiary/aromatic N) is 1. The SMILES string of the molecule is c1cccc(NC(=NC2=CCCC=C2)Nc2ccccc2)c#1. The van der Waals surface area contributed by atoms with Crippen LogP contribution in [0.5, 0.6) is 0 Å². The molecule has 0 aliphatic heterocycles. The number of rotatable bonds is 3. The highest BCUT2D eigenvalue weighted by Crippen LogP contribution is 2.13. The van der Waals surface area contributed by atoms with Gasteiger partial charge in [-0.25, -0.2) is 4.99 Å². The molecule has 1 aliphatic rings. The fourth-order valence-electron chi connectivity index (χ4n) is 2.11. The van der Waals surface area contributed by atoms with Gasteiger partial charge in [0, 0.05) is 5.69 Å². The number of nitrogens with one attached hydrogen (secondary N) is 2. The number of guanidine groups is 1. The van der Waals surface area contributed by atoms with E-state index in [1.54, 1.807) is 0 Å². The lowest BCUT2D eigenvalue weighted by atomic mass is 10.1. The molecule has 3 nitrogen and oxygen atoms in total. The Kier molecular flexibility index (Phi) is 4.54. The molecule has 0 amide bonds. The number of para-hydroxylation sites is 1. The fraction of sp³-hybridized carbons (Fsp3) is 0.105. The Labute approximate surface area is 131 Å². The highest BCUT2D eigenvalue weighted by molar-refractivity contribution is 6.04. The molecule has 2 aromatic carbocycles. The number of aliphatic imine (C=N–C) groups is 1. The van der Waals surface area contributed by atoms with Crippen molar-refractivity contribution in [3.8, 4) is 0 Å². The topological polar surface area (TPSA) is 36.4 Å². The van der Waals surface area contributed by atoms with Crippen LogP contribution in [0.25, 0.3) is 0 Å². The summed E-state index contributed by atoms with van der Waals surface area (Å²) in [6.45, 7) is 0. The van der Waals surface area contributed by atoms with Crippen molar-refractivity contribution in [2.45, 2.75) is 12.8 Å². The number of hydrogen-bond donors (Lipinski definition) is 2. The van der Waals surface area contributed by atoms with Crippen molar-refractivity contribution < 1.29 is 0 Å². The number of hydrogen-bond acceptors (Lipinski definition) is 1. The molecule has 0 heterocycles. The van der Waals surface area contributed by atoms with Crippen LogP contribution in [-0.2, 0) is 0 Å². The lowest BCUT2D eigenvalue weighted by Crippen LogP contribution is -2.22. The first-order valence-electron chi connectivity index (χ1n) is 7.33. The van der Waals surface area contributed by atoms with Crippen LogP contribution >= 0.6 is 0 Å².